The first-order valence-electron chi connectivity index (χ1n) is 4.87. The maximum absolute atomic E-state index is 9.43. The van der Waals surface area contributed by atoms with Gasteiger partial charge in [-0.05, 0) is 0 Å². The molecule has 0 saturated heterocycles. The van der Waals surface area contributed by atoms with Gasteiger partial charge in [0.1, 0.15) is 5.82 Å². The molecule has 3 rings (SSSR count). The third-order valence-corrected chi connectivity index (χ3v) is 2.72. The van der Waals surface area contributed by atoms with E-state index in [9.17, 15) is 10.2 Å². The second-order valence-corrected chi connectivity index (χ2v) is 3.69. The van der Waals surface area contributed by atoms with Crippen molar-refractivity contribution in [2.24, 2.45) is 0 Å². The molecule has 1 aliphatic rings. The molecular weight excluding hydrogens is 194 g/mol. The van der Waals surface area contributed by atoms with Crippen molar-refractivity contribution in [2.75, 3.05) is 6.54 Å². The first-order valence-corrected chi connectivity index (χ1v) is 4.87. The molecule has 2 aromatic rings. The number of fused-ring (bicyclic) bond motifs is 3. The number of nitrogens with zero attached hydrogens (tertiary/aromatic N) is 2. The van der Waals surface area contributed by atoms with Crippen molar-refractivity contribution < 1.29 is 10.2 Å². The van der Waals surface area contributed by atoms with Crippen LogP contribution in [0.25, 0.3) is 11.0 Å². The number of phenols is 2. The number of benzene rings is 1. The summed E-state index contributed by atoms with van der Waals surface area (Å²) in [5.41, 5.74) is 1.60. The number of phenolic OH excluding ortho intramolecular Hbond substituents is 2. The summed E-state index contributed by atoms with van der Waals surface area (Å²) in [4.78, 5) is 4.38. The van der Waals surface area contributed by atoms with E-state index in [0.717, 1.165) is 36.5 Å². The van der Waals surface area contributed by atoms with Gasteiger partial charge >= 0.3 is 0 Å². The SMILES string of the molecule is Oc1cc2nc3n(c2cc1O)CCNC3. The number of hydrogen-bond acceptors (Lipinski definition) is 4. The van der Waals surface area contributed by atoms with Gasteiger partial charge in [-0.15, -0.1) is 0 Å². The van der Waals surface area contributed by atoms with Crippen LogP contribution in [0.4, 0.5) is 0 Å². The lowest BCUT2D eigenvalue weighted by atomic mass is 10.2. The van der Waals surface area contributed by atoms with Crippen LogP contribution in [0.5, 0.6) is 11.5 Å². The number of hydrogen-bond donors (Lipinski definition) is 3. The minimum atomic E-state index is -0.120. The highest BCUT2D eigenvalue weighted by Gasteiger charge is 2.15. The van der Waals surface area contributed by atoms with Crippen molar-refractivity contribution in [3.8, 4) is 11.5 Å². The average Bonchev–Trinajstić information content (AvgIpc) is 2.57. The molecule has 3 N–H and O–H groups in total. The molecule has 5 nitrogen and oxygen atoms in total. The maximum atomic E-state index is 9.43. The van der Waals surface area contributed by atoms with E-state index in [4.69, 9.17) is 0 Å². The molecular formula is C10H11N3O2. The van der Waals surface area contributed by atoms with E-state index in [0.29, 0.717) is 0 Å². The summed E-state index contributed by atoms with van der Waals surface area (Å²) in [5.74, 6) is 0.732. The summed E-state index contributed by atoms with van der Waals surface area (Å²) in [6, 6.07) is 3.06. The van der Waals surface area contributed by atoms with Gasteiger partial charge in [-0.2, -0.15) is 0 Å². The predicted molar refractivity (Wildman–Crippen MR) is 54.8 cm³/mol. The van der Waals surface area contributed by atoms with E-state index >= 15 is 0 Å². The summed E-state index contributed by atoms with van der Waals surface area (Å²) in [7, 11) is 0. The van der Waals surface area contributed by atoms with Crippen molar-refractivity contribution in [2.45, 2.75) is 13.1 Å². The Bertz CT molecular complexity index is 533. The molecule has 15 heavy (non-hydrogen) atoms. The summed E-state index contributed by atoms with van der Waals surface area (Å²) >= 11 is 0. The van der Waals surface area contributed by atoms with Crippen molar-refractivity contribution in [1.82, 2.24) is 14.9 Å². The highest BCUT2D eigenvalue weighted by molar-refractivity contribution is 5.80. The van der Waals surface area contributed by atoms with Gasteiger partial charge in [0.2, 0.25) is 0 Å². The van der Waals surface area contributed by atoms with E-state index in [1.54, 1.807) is 6.07 Å². The van der Waals surface area contributed by atoms with E-state index in [2.05, 4.69) is 14.9 Å². The highest BCUT2D eigenvalue weighted by Crippen LogP contribution is 2.30. The van der Waals surface area contributed by atoms with E-state index in [1.165, 1.54) is 6.07 Å². The molecule has 0 amide bonds. The summed E-state index contributed by atoms with van der Waals surface area (Å²) < 4.78 is 2.06. The molecule has 5 heteroatoms. The van der Waals surface area contributed by atoms with Crippen molar-refractivity contribution in [3.05, 3.63) is 18.0 Å². The second kappa shape index (κ2) is 2.87. The zero-order chi connectivity index (χ0) is 10.4. The molecule has 0 spiro atoms. The van der Waals surface area contributed by atoms with Crippen molar-refractivity contribution >= 4 is 11.0 Å². The third kappa shape index (κ3) is 1.16. The van der Waals surface area contributed by atoms with Crippen LogP contribution in [0.3, 0.4) is 0 Å². The quantitative estimate of drug-likeness (QED) is 0.549. The number of rotatable bonds is 0. The van der Waals surface area contributed by atoms with E-state index in [-0.39, 0.29) is 11.5 Å². The van der Waals surface area contributed by atoms with Crippen LogP contribution in [-0.2, 0) is 13.1 Å². The lowest BCUT2D eigenvalue weighted by Gasteiger charge is -2.15. The predicted octanol–water partition coefficient (Wildman–Crippen LogP) is 0.551. The summed E-state index contributed by atoms with van der Waals surface area (Å²) in [6.07, 6.45) is 0. The smallest absolute Gasteiger partial charge is 0.159 e. The number of nitrogens with one attached hydrogen (secondary N) is 1. The number of imidazole rings is 1. The molecule has 1 aromatic heterocycles. The Hall–Kier alpha value is -1.75. The lowest BCUT2D eigenvalue weighted by Crippen LogP contribution is -2.28. The average molecular weight is 205 g/mol. The zero-order valence-electron chi connectivity index (χ0n) is 8.06. The fourth-order valence-electron chi connectivity index (χ4n) is 1.97. The Labute approximate surface area is 86.0 Å². The zero-order valence-corrected chi connectivity index (χ0v) is 8.06. The van der Waals surface area contributed by atoms with Crippen LogP contribution in [0.2, 0.25) is 0 Å². The summed E-state index contributed by atoms with van der Waals surface area (Å²) in [5, 5.41) is 22.0. The van der Waals surface area contributed by atoms with Gasteiger partial charge in [0.05, 0.1) is 17.6 Å². The van der Waals surface area contributed by atoms with Crippen molar-refractivity contribution in [3.63, 3.8) is 0 Å². The minimum Gasteiger partial charge on any atom is -0.504 e. The van der Waals surface area contributed by atoms with Gasteiger partial charge in [0, 0.05) is 25.2 Å². The van der Waals surface area contributed by atoms with Gasteiger partial charge in [0.25, 0.3) is 0 Å². The fourth-order valence-corrected chi connectivity index (χ4v) is 1.97. The maximum Gasteiger partial charge on any atom is 0.159 e. The third-order valence-electron chi connectivity index (χ3n) is 2.72. The topological polar surface area (TPSA) is 70.3 Å². The van der Waals surface area contributed by atoms with Gasteiger partial charge in [-0.3, -0.25) is 0 Å². The fraction of sp³-hybridized carbons (Fsp3) is 0.300. The largest absolute Gasteiger partial charge is 0.504 e. The lowest BCUT2D eigenvalue weighted by molar-refractivity contribution is 0.404. The van der Waals surface area contributed by atoms with Crippen LogP contribution in [-0.4, -0.2) is 26.3 Å². The van der Waals surface area contributed by atoms with E-state index < -0.39 is 0 Å². The highest BCUT2D eigenvalue weighted by atomic mass is 16.3. The van der Waals surface area contributed by atoms with Crippen LogP contribution in [0.1, 0.15) is 5.82 Å². The first-order chi connectivity index (χ1) is 7.25. The molecule has 0 saturated carbocycles. The molecule has 1 aromatic carbocycles. The Morgan fingerprint density at radius 3 is 2.93 bits per heavy atom. The number of aromatic hydroxyl groups is 2. The Morgan fingerprint density at radius 2 is 2.07 bits per heavy atom. The Balaban J connectivity index is 2.33. The van der Waals surface area contributed by atoms with Gasteiger partial charge < -0.3 is 20.1 Å². The second-order valence-electron chi connectivity index (χ2n) is 3.69. The normalized spacial score (nSPS) is 15.5. The van der Waals surface area contributed by atoms with Crippen LogP contribution in [0.15, 0.2) is 12.1 Å². The van der Waals surface area contributed by atoms with Crippen LogP contribution < -0.4 is 5.32 Å². The molecule has 0 radical (unpaired) electrons. The molecule has 0 unspecified atom stereocenters. The molecule has 2 heterocycles. The van der Waals surface area contributed by atoms with E-state index in [1.807, 2.05) is 0 Å². The standard InChI is InChI=1S/C10H11N3O2/c14-8-3-6-7(4-9(8)15)13-2-1-11-5-10(13)12-6/h3-4,11,14-15H,1-2,5H2. The molecule has 0 fully saturated rings. The van der Waals surface area contributed by atoms with Gasteiger partial charge in [-0.25, -0.2) is 4.98 Å². The Morgan fingerprint density at radius 1 is 1.27 bits per heavy atom. The van der Waals surface area contributed by atoms with Crippen molar-refractivity contribution in [1.29, 1.82) is 0 Å². The monoisotopic (exact) mass is 205 g/mol. The molecule has 0 bridgehead atoms. The molecule has 1 aliphatic heterocycles. The first kappa shape index (κ1) is 8.55. The number of aromatic nitrogens is 2. The Kier molecular flexibility index (Phi) is 1.63. The summed E-state index contributed by atoms with van der Waals surface area (Å²) in [6.45, 7) is 2.48. The van der Waals surface area contributed by atoms with Crippen LogP contribution in [0, 0.1) is 0 Å². The van der Waals surface area contributed by atoms with Gasteiger partial charge in [0.15, 0.2) is 11.5 Å². The molecule has 0 aliphatic carbocycles. The molecule has 78 valence electrons. The minimum absolute atomic E-state index is 0.0938. The molecule has 0 atom stereocenters. The van der Waals surface area contributed by atoms with Crippen LogP contribution >= 0.6 is 0 Å². The van der Waals surface area contributed by atoms with Gasteiger partial charge in [-0.1, -0.05) is 0 Å².